The molecule has 4 rings (SSSR count). The van der Waals surface area contributed by atoms with E-state index in [9.17, 15) is 4.79 Å². The Kier molecular flexibility index (Phi) is 3.65. The first-order chi connectivity index (χ1) is 11.7. The molecule has 2 aromatic heterocycles. The fourth-order valence-electron chi connectivity index (χ4n) is 3.03. The maximum Gasteiger partial charge on any atom is 0.253 e. The molecule has 1 fully saturated rings. The molecule has 0 saturated carbocycles. The van der Waals surface area contributed by atoms with Gasteiger partial charge in [0.05, 0.1) is 0 Å². The minimum Gasteiger partial charge on any atom is -0.337 e. The average molecular weight is 321 g/mol. The van der Waals surface area contributed by atoms with E-state index in [2.05, 4.69) is 15.1 Å². The number of nitrogens with zero attached hydrogens (tertiary/aromatic N) is 5. The van der Waals surface area contributed by atoms with Gasteiger partial charge < -0.3 is 9.80 Å². The molecule has 0 aliphatic carbocycles. The molecule has 0 radical (unpaired) electrons. The first-order valence-electron chi connectivity index (χ1n) is 8.13. The van der Waals surface area contributed by atoms with Gasteiger partial charge in [-0.25, -0.2) is 0 Å². The number of amides is 1. The van der Waals surface area contributed by atoms with Crippen LogP contribution in [-0.2, 0) is 0 Å². The summed E-state index contributed by atoms with van der Waals surface area (Å²) in [6, 6.07) is 13.6. The van der Waals surface area contributed by atoms with E-state index in [0.29, 0.717) is 13.1 Å². The molecular weight excluding hydrogens is 302 g/mol. The van der Waals surface area contributed by atoms with Crippen LogP contribution in [0.3, 0.4) is 0 Å². The number of carbonyl (C=O) groups excluding carboxylic acids is 1. The lowest BCUT2D eigenvalue weighted by molar-refractivity contribution is 0.0746. The number of hydrogen-bond acceptors (Lipinski definition) is 4. The lowest BCUT2D eigenvalue weighted by atomic mass is 10.1. The lowest BCUT2D eigenvalue weighted by Gasteiger charge is -2.34. The molecule has 24 heavy (non-hydrogen) atoms. The Balaban J connectivity index is 1.47. The van der Waals surface area contributed by atoms with Gasteiger partial charge >= 0.3 is 0 Å². The van der Waals surface area contributed by atoms with Crippen molar-refractivity contribution in [2.24, 2.45) is 0 Å². The number of aromatic nitrogens is 3. The van der Waals surface area contributed by atoms with Gasteiger partial charge in [-0.1, -0.05) is 23.8 Å². The van der Waals surface area contributed by atoms with Crippen LogP contribution in [0.15, 0.2) is 48.7 Å². The van der Waals surface area contributed by atoms with Crippen LogP contribution in [-0.4, -0.2) is 51.6 Å². The predicted molar refractivity (Wildman–Crippen MR) is 92.3 cm³/mol. The van der Waals surface area contributed by atoms with Crippen molar-refractivity contribution in [3.63, 3.8) is 0 Å². The van der Waals surface area contributed by atoms with Crippen LogP contribution >= 0.6 is 0 Å². The number of anilines is 1. The third-order valence-electron chi connectivity index (χ3n) is 4.44. The Bertz CT molecular complexity index is 863. The summed E-state index contributed by atoms with van der Waals surface area (Å²) < 4.78 is 1.98. The Labute approximate surface area is 140 Å². The van der Waals surface area contributed by atoms with E-state index in [1.54, 1.807) is 0 Å². The number of pyridine rings is 1. The summed E-state index contributed by atoms with van der Waals surface area (Å²) in [4.78, 5) is 16.7. The van der Waals surface area contributed by atoms with Crippen molar-refractivity contribution < 1.29 is 4.79 Å². The van der Waals surface area contributed by atoms with Gasteiger partial charge in [0.2, 0.25) is 5.95 Å². The van der Waals surface area contributed by atoms with Crippen LogP contribution in [0.4, 0.5) is 5.95 Å². The Morgan fingerprint density at radius 3 is 2.46 bits per heavy atom. The second-order valence-electron chi connectivity index (χ2n) is 6.07. The van der Waals surface area contributed by atoms with E-state index in [1.165, 1.54) is 0 Å². The summed E-state index contributed by atoms with van der Waals surface area (Å²) in [5.74, 6) is 0.939. The van der Waals surface area contributed by atoms with Gasteiger partial charge in [0.25, 0.3) is 5.91 Å². The number of hydrogen-bond donors (Lipinski definition) is 0. The van der Waals surface area contributed by atoms with Crippen LogP contribution in [0.5, 0.6) is 0 Å². The van der Waals surface area contributed by atoms with Crippen molar-refractivity contribution in [2.45, 2.75) is 6.92 Å². The Morgan fingerprint density at radius 2 is 1.71 bits per heavy atom. The number of piperazine rings is 1. The van der Waals surface area contributed by atoms with E-state index >= 15 is 0 Å². The number of aryl methyl sites for hydroxylation is 1. The lowest BCUT2D eigenvalue weighted by Crippen LogP contribution is -2.49. The second-order valence-corrected chi connectivity index (χ2v) is 6.07. The highest BCUT2D eigenvalue weighted by Gasteiger charge is 2.24. The molecule has 1 aliphatic rings. The monoisotopic (exact) mass is 321 g/mol. The van der Waals surface area contributed by atoms with Crippen LogP contribution in [0.1, 0.15) is 15.9 Å². The minimum absolute atomic E-state index is 0.0979. The van der Waals surface area contributed by atoms with Crippen LogP contribution in [0, 0.1) is 6.92 Å². The molecule has 6 heteroatoms. The standard InChI is InChI=1S/C18H19N5O/c1-14-5-7-15(8-6-14)17(24)21-10-12-22(13-11-21)18-20-19-16-4-2-3-9-23(16)18/h2-9H,10-13H2,1H3. The van der Waals surface area contributed by atoms with E-state index in [0.717, 1.165) is 35.8 Å². The highest BCUT2D eigenvalue weighted by Crippen LogP contribution is 2.17. The molecule has 6 nitrogen and oxygen atoms in total. The average Bonchev–Trinajstić information content (AvgIpc) is 3.06. The first-order valence-corrected chi connectivity index (χ1v) is 8.13. The maximum atomic E-state index is 12.6. The summed E-state index contributed by atoms with van der Waals surface area (Å²) in [5, 5.41) is 8.49. The van der Waals surface area contributed by atoms with Crippen molar-refractivity contribution in [3.05, 3.63) is 59.8 Å². The Hall–Kier alpha value is -2.89. The number of carbonyl (C=O) groups is 1. The molecule has 1 aliphatic heterocycles. The highest BCUT2D eigenvalue weighted by molar-refractivity contribution is 5.94. The zero-order chi connectivity index (χ0) is 16.5. The van der Waals surface area contributed by atoms with E-state index in [-0.39, 0.29) is 5.91 Å². The summed E-state index contributed by atoms with van der Waals surface area (Å²) >= 11 is 0. The summed E-state index contributed by atoms with van der Waals surface area (Å²) in [5.41, 5.74) is 2.75. The molecule has 1 amide bonds. The molecular formula is C18H19N5O. The quantitative estimate of drug-likeness (QED) is 0.724. The highest BCUT2D eigenvalue weighted by atomic mass is 16.2. The molecule has 0 bridgehead atoms. The maximum absolute atomic E-state index is 12.6. The van der Waals surface area contributed by atoms with E-state index in [1.807, 2.05) is 64.9 Å². The summed E-state index contributed by atoms with van der Waals surface area (Å²) in [6.45, 7) is 4.92. The van der Waals surface area contributed by atoms with Gasteiger partial charge in [-0.2, -0.15) is 0 Å². The van der Waals surface area contributed by atoms with Crippen molar-refractivity contribution in [2.75, 3.05) is 31.1 Å². The number of fused-ring (bicyclic) bond motifs is 1. The van der Waals surface area contributed by atoms with Crippen molar-refractivity contribution in [3.8, 4) is 0 Å². The first kappa shape index (κ1) is 14.7. The van der Waals surface area contributed by atoms with Gasteiger partial charge in [0.15, 0.2) is 5.65 Å². The van der Waals surface area contributed by atoms with E-state index in [4.69, 9.17) is 0 Å². The summed E-state index contributed by atoms with van der Waals surface area (Å²) in [6.07, 6.45) is 1.97. The molecule has 0 N–H and O–H groups in total. The van der Waals surface area contributed by atoms with Crippen molar-refractivity contribution in [1.82, 2.24) is 19.5 Å². The van der Waals surface area contributed by atoms with E-state index < -0.39 is 0 Å². The topological polar surface area (TPSA) is 53.7 Å². The second kappa shape index (κ2) is 5.96. The molecule has 3 heterocycles. The zero-order valence-electron chi connectivity index (χ0n) is 13.6. The van der Waals surface area contributed by atoms with Gasteiger partial charge in [-0.15, -0.1) is 10.2 Å². The molecule has 1 saturated heterocycles. The normalized spacial score (nSPS) is 15.0. The fourth-order valence-corrected chi connectivity index (χ4v) is 3.03. The smallest absolute Gasteiger partial charge is 0.253 e. The largest absolute Gasteiger partial charge is 0.337 e. The van der Waals surface area contributed by atoms with Crippen molar-refractivity contribution in [1.29, 1.82) is 0 Å². The molecule has 1 aromatic carbocycles. The molecule has 122 valence electrons. The van der Waals surface area contributed by atoms with Gasteiger partial charge in [-0.3, -0.25) is 9.20 Å². The predicted octanol–water partition coefficient (Wildman–Crippen LogP) is 2.00. The third-order valence-corrected chi connectivity index (χ3v) is 4.44. The molecule has 3 aromatic rings. The van der Waals surface area contributed by atoms with Gasteiger partial charge in [-0.05, 0) is 31.2 Å². The van der Waals surface area contributed by atoms with Gasteiger partial charge in [0.1, 0.15) is 0 Å². The third kappa shape index (κ3) is 2.60. The molecule has 0 atom stereocenters. The summed E-state index contributed by atoms with van der Waals surface area (Å²) in [7, 11) is 0. The van der Waals surface area contributed by atoms with Crippen molar-refractivity contribution >= 4 is 17.5 Å². The van der Waals surface area contributed by atoms with Crippen LogP contribution in [0.25, 0.3) is 5.65 Å². The molecule has 0 spiro atoms. The number of rotatable bonds is 2. The zero-order valence-corrected chi connectivity index (χ0v) is 13.6. The number of benzene rings is 1. The van der Waals surface area contributed by atoms with Gasteiger partial charge in [0, 0.05) is 37.9 Å². The fraction of sp³-hybridized carbons (Fsp3) is 0.278. The van der Waals surface area contributed by atoms with Crippen LogP contribution in [0.2, 0.25) is 0 Å². The SMILES string of the molecule is Cc1ccc(C(=O)N2CCN(c3nnc4ccccn34)CC2)cc1. The molecule has 0 unspecified atom stereocenters. The minimum atomic E-state index is 0.0979. The Morgan fingerprint density at radius 1 is 0.958 bits per heavy atom. The van der Waals surface area contributed by atoms with Crippen LogP contribution < -0.4 is 4.90 Å².